The molecule has 0 saturated heterocycles. The molecule has 3 nitrogen and oxygen atoms in total. The van der Waals surface area contributed by atoms with Crippen molar-refractivity contribution >= 4 is 50.8 Å². The largest absolute Gasteiger partial charge is 0.309 e. The molecule has 10 aromatic rings. The topological polar surface area (TPSA) is 30.7 Å². The Bertz CT molecular complexity index is 3250. The summed E-state index contributed by atoms with van der Waals surface area (Å²) in [5.74, 6) is 0.745. The number of hydrogen-bond donors (Lipinski definition) is 0. The van der Waals surface area contributed by atoms with Crippen molar-refractivity contribution in [1.29, 1.82) is 0 Å². The van der Waals surface area contributed by atoms with Crippen LogP contribution in [-0.4, -0.2) is 22.6 Å². The van der Waals surface area contributed by atoms with Gasteiger partial charge in [-0.05, 0) is 67.6 Å². The molecule has 0 radical (unpaired) electrons. The molecule has 0 unspecified atom stereocenters. The smallest absolute Gasteiger partial charge is 0.203 e. The first-order chi connectivity index (χ1) is 29.0. The van der Waals surface area contributed by atoms with Gasteiger partial charge in [0.25, 0.3) is 0 Å². The average Bonchev–Trinajstić information content (AvgIpc) is 3.88. The summed E-state index contributed by atoms with van der Waals surface area (Å²) in [5, 5.41) is 7.70. The monoisotopic (exact) mass is 769 g/mol. The van der Waals surface area contributed by atoms with Crippen LogP contribution in [0.2, 0.25) is 0 Å². The summed E-state index contributed by atoms with van der Waals surface area (Å²) in [7, 11) is -2.90. The highest BCUT2D eigenvalue weighted by Crippen LogP contribution is 2.53. The molecule has 2 aliphatic rings. The van der Waals surface area contributed by atoms with Gasteiger partial charge in [-0.25, -0.2) is 9.97 Å². The van der Waals surface area contributed by atoms with Crippen LogP contribution in [0, 0.1) is 0 Å². The third kappa shape index (κ3) is 4.69. The highest BCUT2D eigenvalue weighted by Gasteiger charge is 2.51. The zero-order valence-electron chi connectivity index (χ0n) is 32.9. The lowest BCUT2D eigenvalue weighted by Crippen LogP contribution is -2.73. The van der Waals surface area contributed by atoms with E-state index in [2.05, 4.69) is 219 Å². The Balaban J connectivity index is 1.16. The third-order valence-electron chi connectivity index (χ3n) is 13.1. The first kappa shape index (κ1) is 33.9. The molecule has 0 fully saturated rings. The van der Waals surface area contributed by atoms with Crippen LogP contribution in [0.25, 0.3) is 72.4 Å². The van der Waals surface area contributed by atoms with Crippen molar-refractivity contribution in [2.45, 2.75) is 19.3 Å². The number of hydrogen-bond acceptors (Lipinski definition) is 2. The molecule has 0 saturated carbocycles. The van der Waals surface area contributed by atoms with Crippen LogP contribution < -0.4 is 20.9 Å². The summed E-state index contributed by atoms with van der Waals surface area (Å²) < 4.78 is 2.46. The van der Waals surface area contributed by atoms with Crippen molar-refractivity contribution in [3.8, 4) is 50.6 Å². The van der Waals surface area contributed by atoms with Crippen LogP contribution in [-0.2, 0) is 5.41 Å². The van der Waals surface area contributed by atoms with E-state index >= 15 is 0 Å². The molecule has 8 aromatic carbocycles. The molecular weight excluding hydrogens is 731 g/mol. The van der Waals surface area contributed by atoms with E-state index in [1.165, 1.54) is 65.2 Å². The van der Waals surface area contributed by atoms with Gasteiger partial charge in [0.2, 0.25) is 8.07 Å². The zero-order valence-corrected chi connectivity index (χ0v) is 33.9. The van der Waals surface area contributed by atoms with Crippen LogP contribution in [0.1, 0.15) is 25.0 Å². The van der Waals surface area contributed by atoms with Crippen molar-refractivity contribution < 1.29 is 0 Å². The summed E-state index contributed by atoms with van der Waals surface area (Å²) in [6.07, 6.45) is 0. The Morgan fingerprint density at radius 2 is 1.10 bits per heavy atom. The number of aromatic nitrogens is 3. The van der Waals surface area contributed by atoms with Crippen molar-refractivity contribution in [2.24, 2.45) is 0 Å². The van der Waals surface area contributed by atoms with Gasteiger partial charge in [-0.3, -0.25) is 0 Å². The van der Waals surface area contributed by atoms with Gasteiger partial charge in [0.15, 0.2) is 5.82 Å². The molecule has 3 heterocycles. The number of benzene rings is 8. The molecule has 1 aliphatic carbocycles. The Morgan fingerprint density at radius 1 is 0.475 bits per heavy atom. The number of nitrogens with zero attached hydrogens (tertiary/aromatic N) is 3. The second kappa shape index (κ2) is 12.7. The lowest BCUT2D eigenvalue weighted by Gasteiger charge is -2.30. The van der Waals surface area contributed by atoms with E-state index in [-0.39, 0.29) is 5.41 Å². The lowest BCUT2D eigenvalue weighted by atomic mass is 9.82. The van der Waals surface area contributed by atoms with Crippen LogP contribution in [0.5, 0.6) is 0 Å². The molecule has 0 atom stereocenters. The standard InChI is InChI=1S/C55H39N3Si/c1-55(2)44-30-15-12-27-41(44)49-45(55)33-34-47-50(49)42-28-13-16-31-46(42)58(47)38-22-18-21-37(35-38)52-51-43-29-14-17-32-48(43)59(39-23-8-4-9-24-39,40-25-10-5-11-26-40)54(51)57-53(56-52)36-19-6-3-7-20-36/h3-35H,1-2H3. The molecule has 4 heteroatoms. The van der Waals surface area contributed by atoms with Crippen molar-refractivity contribution in [2.75, 3.05) is 0 Å². The Kier molecular flexibility index (Phi) is 7.29. The maximum atomic E-state index is 5.69. The predicted octanol–water partition coefficient (Wildman–Crippen LogP) is 10.6. The molecular formula is C55H39N3Si. The van der Waals surface area contributed by atoms with Gasteiger partial charge in [0, 0.05) is 38.6 Å². The van der Waals surface area contributed by atoms with Gasteiger partial charge in [-0.2, -0.15) is 0 Å². The van der Waals surface area contributed by atoms with Crippen molar-refractivity contribution in [3.63, 3.8) is 0 Å². The first-order valence-electron chi connectivity index (χ1n) is 20.5. The van der Waals surface area contributed by atoms with Gasteiger partial charge in [-0.15, -0.1) is 0 Å². The van der Waals surface area contributed by atoms with Gasteiger partial charge < -0.3 is 4.57 Å². The van der Waals surface area contributed by atoms with E-state index in [0.29, 0.717) is 0 Å². The lowest BCUT2D eigenvalue weighted by molar-refractivity contribution is 0.661. The summed E-state index contributed by atoms with van der Waals surface area (Å²) in [6.45, 7) is 4.72. The van der Waals surface area contributed by atoms with E-state index < -0.39 is 8.07 Å². The summed E-state index contributed by atoms with van der Waals surface area (Å²) in [6, 6.07) is 73.3. The fourth-order valence-electron chi connectivity index (χ4n) is 10.5. The predicted molar refractivity (Wildman–Crippen MR) is 247 cm³/mol. The van der Waals surface area contributed by atoms with Crippen LogP contribution >= 0.6 is 0 Å². The normalized spacial score (nSPS) is 14.2. The fourth-order valence-corrected chi connectivity index (χ4v) is 15.5. The number of para-hydroxylation sites is 1. The minimum Gasteiger partial charge on any atom is -0.309 e. The minimum atomic E-state index is -2.90. The quantitative estimate of drug-likeness (QED) is 0.163. The minimum absolute atomic E-state index is 0.0819. The Hall–Kier alpha value is -7.14. The first-order valence-corrected chi connectivity index (χ1v) is 22.5. The van der Waals surface area contributed by atoms with Crippen LogP contribution in [0.4, 0.5) is 0 Å². The summed E-state index contributed by atoms with van der Waals surface area (Å²) >= 11 is 0. The molecule has 2 aromatic heterocycles. The van der Waals surface area contributed by atoms with E-state index in [4.69, 9.17) is 9.97 Å². The number of fused-ring (bicyclic) bond motifs is 10. The molecule has 0 N–H and O–H groups in total. The van der Waals surface area contributed by atoms with Crippen molar-refractivity contribution in [1.82, 2.24) is 14.5 Å². The van der Waals surface area contributed by atoms with Crippen LogP contribution in [0.15, 0.2) is 200 Å². The highest BCUT2D eigenvalue weighted by atomic mass is 28.3. The van der Waals surface area contributed by atoms with E-state index in [0.717, 1.165) is 39.2 Å². The Morgan fingerprint density at radius 3 is 1.86 bits per heavy atom. The van der Waals surface area contributed by atoms with Crippen LogP contribution in [0.3, 0.4) is 0 Å². The van der Waals surface area contributed by atoms with Gasteiger partial charge >= 0.3 is 0 Å². The summed E-state index contributed by atoms with van der Waals surface area (Å²) in [4.78, 5) is 11.3. The second-order valence-corrected chi connectivity index (χ2v) is 20.1. The second-order valence-electron chi connectivity index (χ2n) is 16.5. The van der Waals surface area contributed by atoms with E-state index in [1.807, 2.05) is 0 Å². The molecule has 278 valence electrons. The molecule has 0 bridgehead atoms. The summed E-state index contributed by atoms with van der Waals surface area (Å²) in [5.41, 5.74) is 14.3. The highest BCUT2D eigenvalue weighted by molar-refractivity contribution is 7.21. The molecule has 0 spiro atoms. The molecule has 59 heavy (non-hydrogen) atoms. The average molecular weight is 770 g/mol. The van der Waals surface area contributed by atoms with Gasteiger partial charge in [0.05, 0.1) is 22.0 Å². The van der Waals surface area contributed by atoms with Gasteiger partial charge in [0.1, 0.15) is 0 Å². The fraction of sp³-hybridized carbons (Fsp3) is 0.0545. The van der Waals surface area contributed by atoms with E-state index in [1.54, 1.807) is 0 Å². The number of rotatable bonds is 5. The maximum absolute atomic E-state index is 5.69. The molecule has 1 aliphatic heterocycles. The molecule has 12 rings (SSSR count). The SMILES string of the molecule is CC1(C)c2ccccc2-c2c1ccc1c2c2ccccc2n1-c1cccc(-c2nc(-c3ccccc3)nc3c2-c2ccccc2[Si]3(c2ccccc2)c2ccccc2)c1. The van der Waals surface area contributed by atoms with Gasteiger partial charge in [-0.1, -0.05) is 190 Å². The zero-order chi connectivity index (χ0) is 39.3. The van der Waals surface area contributed by atoms with E-state index in [9.17, 15) is 0 Å². The van der Waals surface area contributed by atoms with Crippen molar-refractivity contribution in [3.05, 3.63) is 211 Å². The maximum Gasteiger partial charge on any atom is 0.203 e. The Labute approximate surface area is 345 Å². The molecule has 0 amide bonds. The third-order valence-corrected chi connectivity index (χ3v) is 17.8.